The number of nitrogens with two attached hydrogens (primary N) is 1. The number of nitrogens with one attached hydrogen (secondary N) is 1. The molecule has 0 bridgehead atoms. The van der Waals surface area contributed by atoms with Gasteiger partial charge in [-0.15, -0.1) is 11.3 Å². The van der Waals surface area contributed by atoms with Gasteiger partial charge in [-0.2, -0.15) is 13.2 Å². The van der Waals surface area contributed by atoms with E-state index in [1.54, 1.807) is 12.1 Å². The highest BCUT2D eigenvalue weighted by atomic mass is 32.1. The van der Waals surface area contributed by atoms with Gasteiger partial charge >= 0.3 is 6.18 Å². The maximum Gasteiger partial charge on any atom is 0.416 e. The molecule has 2 rings (SSSR count). The highest BCUT2D eigenvalue weighted by Gasteiger charge is 2.29. The summed E-state index contributed by atoms with van der Waals surface area (Å²) in [5, 5.41) is 0. The first-order valence-corrected chi connectivity index (χ1v) is 6.61. The van der Waals surface area contributed by atoms with E-state index in [9.17, 15) is 18.0 Å². The molecule has 1 heterocycles. The molecule has 0 unspecified atom stereocenters. The number of amides is 1. The quantitative estimate of drug-likeness (QED) is 0.518. The van der Waals surface area contributed by atoms with Gasteiger partial charge in [-0.1, -0.05) is 0 Å². The van der Waals surface area contributed by atoms with Gasteiger partial charge in [-0.25, -0.2) is 5.84 Å². The number of hydrogen-bond acceptors (Lipinski definition) is 4. The van der Waals surface area contributed by atoms with Crippen LogP contribution >= 0.6 is 11.3 Å². The van der Waals surface area contributed by atoms with Crippen molar-refractivity contribution in [3.63, 3.8) is 0 Å². The molecule has 0 fully saturated rings. The summed E-state index contributed by atoms with van der Waals surface area (Å²) in [7, 11) is 0. The van der Waals surface area contributed by atoms with Crippen LogP contribution in [-0.2, 0) is 12.8 Å². The zero-order chi connectivity index (χ0) is 15.5. The number of hydrogen-bond donors (Lipinski definition) is 2. The van der Waals surface area contributed by atoms with E-state index in [1.807, 2.05) is 5.43 Å². The fraction of sp³-hybridized carbons (Fsp3) is 0.154. The summed E-state index contributed by atoms with van der Waals surface area (Å²) in [4.78, 5) is 12.5. The van der Waals surface area contributed by atoms with Crippen LogP contribution in [0.4, 0.5) is 13.2 Å². The van der Waals surface area contributed by atoms with Gasteiger partial charge < -0.3 is 4.74 Å². The minimum atomic E-state index is -4.36. The number of nitrogen functional groups attached to an aromatic ring is 1. The molecule has 0 aliphatic carbocycles. The summed E-state index contributed by atoms with van der Waals surface area (Å²) >= 11 is 1.20. The molecule has 0 spiro atoms. The van der Waals surface area contributed by atoms with Crippen LogP contribution in [0, 0.1) is 0 Å². The van der Waals surface area contributed by atoms with Crippen LogP contribution in [-0.4, -0.2) is 5.91 Å². The molecule has 8 heteroatoms. The molecule has 1 aromatic carbocycles. The van der Waals surface area contributed by atoms with E-state index in [2.05, 4.69) is 0 Å². The number of alkyl halides is 3. The lowest BCUT2D eigenvalue weighted by atomic mass is 10.2. The second kappa shape index (κ2) is 6.15. The third-order valence-electron chi connectivity index (χ3n) is 2.58. The number of ether oxygens (including phenoxy) is 1. The number of carbonyl (C=O) groups excluding carboxylic acids is 1. The molecule has 1 aromatic heterocycles. The monoisotopic (exact) mass is 316 g/mol. The van der Waals surface area contributed by atoms with E-state index >= 15 is 0 Å². The Balaban J connectivity index is 1.97. The minimum absolute atomic E-state index is 0.161. The molecule has 0 radical (unpaired) electrons. The molecule has 0 aliphatic heterocycles. The summed E-state index contributed by atoms with van der Waals surface area (Å²) in [6, 6.07) is 7.71. The first-order valence-electron chi connectivity index (χ1n) is 5.80. The van der Waals surface area contributed by atoms with Gasteiger partial charge in [0.1, 0.15) is 12.4 Å². The molecule has 2 aromatic rings. The molecule has 21 heavy (non-hydrogen) atoms. The lowest BCUT2D eigenvalue weighted by Gasteiger charge is -2.08. The molecular formula is C13H11F3N2O2S. The first kappa shape index (κ1) is 15.3. The Morgan fingerprint density at radius 3 is 2.43 bits per heavy atom. The average Bonchev–Trinajstić information content (AvgIpc) is 2.92. The van der Waals surface area contributed by atoms with Crippen molar-refractivity contribution in [1.29, 1.82) is 0 Å². The lowest BCUT2D eigenvalue weighted by molar-refractivity contribution is -0.137. The molecule has 0 saturated carbocycles. The largest absolute Gasteiger partial charge is 0.488 e. The fourth-order valence-corrected chi connectivity index (χ4v) is 2.37. The average molecular weight is 316 g/mol. The molecule has 3 N–H and O–H groups in total. The van der Waals surface area contributed by atoms with E-state index in [1.165, 1.54) is 23.5 Å². The summed E-state index contributed by atoms with van der Waals surface area (Å²) < 4.78 is 42.6. The van der Waals surface area contributed by atoms with E-state index < -0.39 is 17.6 Å². The van der Waals surface area contributed by atoms with Crippen LogP contribution < -0.4 is 16.0 Å². The lowest BCUT2D eigenvalue weighted by Crippen LogP contribution is -2.29. The summed E-state index contributed by atoms with van der Waals surface area (Å²) in [5.74, 6) is 4.93. The maximum absolute atomic E-state index is 12.4. The van der Waals surface area contributed by atoms with Crippen molar-refractivity contribution in [2.45, 2.75) is 12.8 Å². The third-order valence-corrected chi connectivity index (χ3v) is 3.64. The number of halogens is 3. The van der Waals surface area contributed by atoms with Gasteiger partial charge in [0.15, 0.2) is 0 Å². The predicted molar refractivity (Wildman–Crippen MR) is 71.7 cm³/mol. The Bertz CT molecular complexity index is 623. The molecule has 112 valence electrons. The van der Waals surface area contributed by atoms with E-state index in [4.69, 9.17) is 10.6 Å². The standard InChI is InChI=1S/C13H11F3N2O2S/c14-13(15,16)8-1-3-9(4-2-8)20-7-10-5-6-11(21-10)12(19)18-17/h1-6H,7,17H2,(H,18,19). The summed E-state index contributed by atoms with van der Waals surface area (Å²) in [6.07, 6.45) is -4.36. The molecule has 0 saturated heterocycles. The van der Waals surface area contributed by atoms with Crippen molar-refractivity contribution in [3.05, 3.63) is 51.7 Å². The molecule has 4 nitrogen and oxygen atoms in total. The van der Waals surface area contributed by atoms with Crippen molar-refractivity contribution in [2.24, 2.45) is 5.84 Å². The second-order valence-corrected chi connectivity index (χ2v) is 5.22. The van der Waals surface area contributed by atoms with Crippen molar-refractivity contribution >= 4 is 17.2 Å². The number of thiophene rings is 1. The molecule has 0 atom stereocenters. The van der Waals surface area contributed by atoms with Gasteiger partial charge in [0.05, 0.1) is 10.4 Å². The Kier molecular flexibility index (Phi) is 4.49. The topological polar surface area (TPSA) is 64.3 Å². The van der Waals surface area contributed by atoms with Crippen LogP contribution in [0.15, 0.2) is 36.4 Å². The van der Waals surface area contributed by atoms with Crippen molar-refractivity contribution in [2.75, 3.05) is 0 Å². The fourth-order valence-electron chi connectivity index (χ4n) is 1.54. The van der Waals surface area contributed by atoms with Crippen LogP contribution in [0.5, 0.6) is 5.75 Å². The number of carbonyl (C=O) groups is 1. The van der Waals surface area contributed by atoms with Gasteiger partial charge in [0, 0.05) is 4.88 Å². The Morgan fingerprint density at radius 1 is 1.19 bits per heavy atom. The Morgan fingerprint density at radius 2 is 1.86 bits per heavy atom. The minimum Gasteiger partial charge on any atom is -0.488 e. The Labute approximate surface area is 122 Å². The molecule has 0 aliphatic rings. The van der Waals surface area contributed by atoms with Gasteiger partial charge in [-0.05, 0) is 36.4 Å². The zero-order valence-corrected chi connectivity index (χ0v) is 11.4. The summed E-state index contributed by atoms with van der Waals surface area (Å²) in [6.45, 7) is 0.161. The maximum atomic E-state index is 12.4. The van der Waals surface area contributed by atoms with Crippen LogP contribution in [0.1, 0.15) is 20.1 Å². The van der Waals surface area contributed by atoms with Crippen molar-refractivity contribution in [3.8, 4) is 5.75 Å². The third kappa shape index (κ3) is 3.96. The normalized spacial score (nSPS) is 11.2. The van der Waals surface area contributed by atoms with Crippen LogP contribution in [0.3, 0.4) is 0 Å². The Hall–Kier alpha value is -2.06. The van der Waals surface area contributed by atoms with E-state index in [-0.39, 0.29) is 6.61 Å². The zero-order valence-electron chi connectivity index (χ0n) is 10.6. The van der Waals surface area contributed by atoms with Gasteiger partial charge in [-0.3, -0.25) is 10.2 Å². The number of hydrazine groups is 1. The van der Waals surface area contributed by atoms with Gasteiger partial charge in [0.2, 0.25) is 0 Å². The smallest absolute Gasteiger partial charge is 0.416 e. The van der Waals surface area contributed by atoms with E-state index in [0.717, 1.165) is 17.0 Å². The highest BCUT2D eigenvalue weighted by Crippen LogP contribution is 2.30. The SMILES string of the molecule is NNC(=O)c1ccc(COc2ccc(C(F)(F)F)cc2)s1. The van der Waals surface area contributed by atoms with E-state index in [0.29, 0.717) is 10.6 Å². The first-order chi connectivity index (χ1) is 9.90. The van der Waals surface area contributed by atoms with Crippen LogP contribution in [0.2, 0.25) is 0 Å². The highest BCUT2D eigenvalue weighted by molar-refractivity contribution is 7.14. The van der Waals surface area contributed by atoms with Crippen LogP contribution in [0.25, 0.3) is 0 Å². The second-order valence-electron chi connectivity index (χ2n) is 4.05. The molecular weight excluding hydrogens is 305 g/mol. The predicted octanol–water partition coefficient (Wildman–Crippen LogP) is 2.95. The van der Waals surface area contributed by atoms with Gasteiger partial charge in [0.25, 0.3) is 5.91 Å². The number of rotatable bonds is 4. The van der Waals surface area contributed by atoms with Crippen molar-refractivity contribution < 1.29 is 22.7 Å². The summed E-state index contributed by atoms with van der Waals surface area (Å²) in [5.41, 5.74) is 1.28. The number of benzene rings is 1. The van der Waals surface area contributed by atoms with Crippen molar-refractivity contribution in [1.82, 2.24) is 5.43 Å². The molecule has 1 amide bonds.